The van der Waals surface area contributed by atoms with E-state index >= 15 is 0 Å². The molecule has 2 atom stereocenters. The van der Waals surface area contributed by atoms with Crippen molar-refractivity contribution >= 4 is 0 Å². The lowest BCUT2D eigenvalue weighted by atomic mass is 9.88. The van der Waals surface area contributed by atoms with Crippen molar-refractivity contribution < 1.29 is 10.2 Å². The molecule has 2 N–H and O–H groups in total. The molecule has 0 aromatic rings. The summed E-state index contributed by atoms with van der Waals surface area (Å²) in [5, 5.41) is 18.0. The van der Waals surface area contributed by atoms with Crippen molar-refractivity contribution in [3.8, 4) is 0 Å². The predicted molar refractivity (Wildman–Crippen MR) is 53.0 cm³/mol. The van der Waals surface area contributed by atoms with Gasteiger partial charge in [-0.1, -0.05) is 27.4 Å². The zero-order chi connectivity index (χ0) is 8.85. The van der Waals surface area contributed by atoms with Gasteiger partial charge in [-0.15, -0.1) is 6.58 Å². The monoisotopic (exact) mass is 174 g/mol. The third-order valence-electron chi connectivity index (χ3n) is 1.98. The van der Waals surface area contributed by atoms with Crippen molar-refractivity contribution in [3.05, 3.63) is 12.7 Å². The first kappa shape index (κ1) is 14.2. The molecule has 0 aliphatic heterocycles. The highest BCUT2D eigenvalue weighted by atomic mass is 16.3. The Kier molecular flexibility index (Phi) is 8.66. The van der Waals surface area contributed by atoms with Crippen LogP contribution in [0.3, 0.4) is 0 Å². The Morgan fingerprint density at radius 2 is 1.92 bits per heavy atom. The Bertz CT molecular complexity index is 110. The van der Waals surface area contributed by atoms with Crippen molar-refractivity contribution in [1.82, 2.24) is 0 Å². The maximum Gasteiger partial charge on any atom is 0.0804 e. The molecule has 2 nitrogen and oxygen atoms in total. The molecule has 0 aromatic carbocycles. The van der Waals surface area contributed by atoms with Gasteiger partial charge in [-0.2, -0.15) is 0 Å². The summed E-state index contributed by atoms with van der Waals surface area (Å²) < 4.78 is 0. The standard InChI is InChI=1S/C9H18O2.CH4/c1-4-5-8(7(2)3)9(11)6-10;/h4,7-11H,1,5-6H2,2-3H3;1H4/t8-,9+;/m0./s1. The van der Waals surface area contributed by atoms with Crippen molar-refractivity contribution in [3.63, 3.8) is 0 Å². The molecule has 0 spiro atoms. The molecule has 0 aliphatic carbocycles. The maximum absolute atomic E-state index is 9.32. The summed E-state index contributed by atoms with van der Waals surface area (Å²) in [6.45, 7) is 7.52. The second kappa shape index (κ2) is 7.32. The van der Waals surface area contributed by atoms with Crippen molar-refractivity contribution in [1.29, 1.82) is 0 Å². The summed E-state index contributed by atoms with van der Waals surface area (Å²) in [5.74, 6) is 0.521. The van der Waals surface area contributed by atoms with E-state index in [1.807, 2.05) is 13.8 Å². The van der Waals surface area contributed by atoms with E-state index in [4.69, 9.17) is 5.11 Å². The summed E-state index contributed by atoms with van der Waals surface area (Å²) in [6.07, 6.45) is 1.94. The van der Waals surface area contributed by atoms with E-state index < -0.39 is 6.10 Å². The van der Waals surface area contributed by atoms with Crippen LogP contribution in [0.5, 0.6) is 0 Å². The van der Waals surface area contributed by atoms with Crippen LogP contribution in [0, 0.1) is 11.8 Å². The van der Waals surface area contributed by atoms with Gasteiger partial charge in [-0.25, -0.2) is 0 Å². The van der Waals surface area contributed by atoms with Crippen LogP contribution in [0.15, 0.2) is 12.7 Å². The first-order chi connectivity index (χ1) is 5.13. The van der Waals surface area contributed by atoms with Gasteiger partial charge >= 0.3 is 0 Å². The molecule has 0 fully saturated rings. The van der Waals surface area contributed by atoms with Crippen LogP contribution in [0.4, 0.5) is 0 Å². The van der Waals surface area contributed by atoms with Gasteiger partial charge in [0.2, 0.25) is 0 Å². The second-order valence-electron chi connectivity index (χ2n) is 3.18. The Morgan fingerprint density at radius 1 is 1.42 bits per heavy atom. The van der Waals surface area contributed by atoms with E-state index in [0.29, 0.717) is 5.92 Å². The number of aliphatic hydroxyl groups excluding tert-OH is 2. The summed E-state index contributed by atoms with van der Waals surface area (Å²) in [4.78, 5) is 0. The highest BCUT2D eigenvalue weighted by Gasteiger charge is 2.19. The summed E-state index contributed by atoms with van der Waals surface area (Å²) in [7, 11) is 0. The smallest absolute Gasteiger partial charge is 0.0804 e. The molecular weight excluding hydrogens is 152 g/mol. The molecular formula is C10H22O2. The van der Waals surface area contributed by atoms with Crippen molar-refractivity contribution in [2.24, 2.45) is 11.8 Å². The fourth-order valence-corrected chi connectivity index (χ4v) is 1.20. The van der Waals surface area contributed by atoms with Gasteiger partial charge in [-0.3, -0.25) is 0 Å². The Labute approximate surface area is 75.9 Å². The van der Waals surface area contributed by atoms with Crippen LogP contribution in [0.25, 0.3) is 0 Å². The van der Waals surface area contributed by atoms with Gasteiger partial charge in [0.05, 0.1) is 12.7 Å². The van der Waals surface area contributed by atoms with Crippen LogP contribution in [-0.2, 0) is 0 Å². The number of hydrogen-bond donors (Lipinski definition) is 2. The predicted octanol–water partition coefficient (Wildman–Crippen LogP) is 1.82. The van der Waals surface area contributed by atoms with Gasteiger partial charge in [0, 0.05) is 0 Å². The molecule has 0 radical (unpaired) electrons. The zero-order valence-corrected chi connectivity index (χ0v) is 7.33. The minimum atomic E-state index is -0.604. The SMILES string of the molecule is C.C=CC[C@@H](C(C)C)[C@H](O)CO. The third-order valence-corrected chi connectivity index (χ3v) is 1.98. The fraction of sp³-hybridized carbons (Fsp3) is 0.800. The molecule has 0 aromatic heterocycles. The minimum absolute atomic E-state index is 0. The van der Waals surface area contributed by atoms with Crippen LogP contribution < -0.4 is 0 Å². The van der Waals surface area contributed by atoms with Crippen LogP contribution >= 0.6 is 0 Å². The highest BCUT2D eigenvalue weighted by molar-refractivity contribution is 4.79. The first-order valence-corrected chi connectivity index (χ1v) is 4.03. The fourth-order valence-electron chi connectivity index (χ4n) is 1.20. The Balaban J connectivity index is 0. The zero-order valence-electron chi connectivity index (χ0n) is 7.33. The van der Waals surface area contributed by atoms with E-state index in [0.717, 1.165) is 6.42 Å². The molecule has 0 saturated carbocycles. The van der Waals surface area contributed by atoms with E-state index in [1.165, 1.54) is 0 Å². The van der Waals surface area contributed by atoms with Gasteiger partial charge in [0.1, 0.15) is 0 Å². The highest BCUT2D eigenvalue weighted by Crippen LogP contribution is 2.19. The quantitative estimate of drug-likeness (QED) is 0.624. The number of allylic oxidation sites excluding steroid dienone is 1. The van der Waals surface area contributed by atoms with Gasteiger partial charge in [0.15, 0.2) is 0 Å². The molecule has 2 heteroatoms. The van der Waals surface area contributed by atoms with Crippen LogP contribution in [0.2, 0.25) is 0 Å². The van der Waals surface area contributed by atoms with Gasteiger partial charge in [0.25, 0.3) is 0 Å². The normalized spacial score (nSPS) is 15.1. The molecule has 12 heavy (non-hydrogen) atoms. The van der Waals surface area contributed by atoms with Crippen molar-refractivity contribution in [2.75, 3.05) is 6.61 Å². The molecule has 0 amide bonds. The minimum Gasteiger partial charge on any atom is -0.394 e. The van der Waals surface area contributed by atoms with Crippen LogP contribution in [-0.4, -0.2) is 22.9 Å². The first-order valence-electron chi connectivity index (χ1n) is 4.03. The van der Waals surface area contributed by atoms with Gasteiger partial charge in [-0.05, 0) is 18.3 Å². The topological polar surface area (TPSA) is 40.5 Å². The number of hydrogen-bond acceptors (Lipinski definition) is 2. The molecule has 0 saturated heterocycles. The maximum atomic E-state index is 9.32. The summed E-state index contributed by atoms with van der Waals surface area (Å²) in [5.41, 5.74) is 0. The van der Waals surface area contributed by atoms with E-state index in [-0.39, 0.29) is 20.0 Å². The average molecular weight is 174 g/mol. The second-order valence-corrected chi connectivity index (χ2v) is 3.18. The van der Waals surface area contributed by atoms with Crippen LogP contribution in [0.1, 0.15) is 27.7 Å². The van der Waals surface area contributed by atoms with E-state index in [2.05, 4.69) is 6.58 Å². The lowest BCUT2D eigenvalue weighted by Crippen LogP contribution is -2.27. The molecule has 0 heterocycles. The Morgan fingerprint density at radius 3 is 2.17 bits per heavy atom. The van der Waals surface area contributed by atoms with Crippen molar-refractivity contribution in [2.45, 2.75) is 33.8 Å². The van der Waals surface area contributed by atoms with E-state index in [9.17, 15) is 5.11 Å². The van der Waals surface area contributed by atoms with E-state index in [1.54, 1.807) is 6.08 Å². The largest absolute Gasteiger partial charge is 0.394 e. The summed E-state index contributed by atoms with van der Waals surface area (Å²) in [6, 6.07) is 0. The third kappa shape index (κ3) is 4.52. The number of aliphatic hydroxyl groups is 2. The summed E-state index contributed by atoms with van der Waals surface area (Å²) >= 11 is 0. The Hall–Kier alpha value is -0.340. The molecule has 0 aliphatic rings. The average Bonchev–Trinajstić information content (AvgIpc) is 1.98. The molecule has 0 rings (SSSR count). The lowest BCUT2D eigenvalue weighted by Gasteiger charge is -2.23. The molecule has 74 valence electrons. The molecule has 0 bridgehead atoms. The lowest BCUT2D eigenvalue weighted by molar-refractivity contribution is 0.0303. The molecule has 0 unspecified atom stereocenters. The number of rotatable bonds is 5. The van der Waals surface area contributed by atoms with Gasteiger partial charge < -0.3 is 10.2 Å².